The molecule has 1 N–H and O–H groups in total. The van der Waals surface area contributed by atoms with Crippen LogP contribution in [-0.2, 0) is 10.0 Å². The molecule has 106 valence electrons. The zero-order valence-electron chi connectivity index (χ0n) is 11.4. The molecule has 2 fully saturated rings. The lowest BCUT2D eigenvalue weighted by Crippen LogP contribution is -2.37. The van der Waals surface area contributed by atoms with Crippen molar-refractivity contribution in [3.05, 3.63) is 0 Å². The average molecular weight is 274 g/mol. The first-order valence-corrected chi connectivity index (χ1v) is 8.94. The third kappa shape index (κ3) is 4.52. The molecule has 0 amide bonds. The van der Waals surface area contributed by atoms with Crippen molar-refractivity contribution in [3.63, 3.8) is 0 Å². The SMILES string of the molecule is CCCNCCCS(=O)(=O)N(CC1CC1)C1CC1. The molecular formula is C13H26N2O2S. The Labute approximate surface area is 111 Å². The first-order chi connectivity index (χ1) is 8.63. The highest BCUT2D eigenvalue weighted by Crippen LogP contribution is 2.36. The van der Waals surface area contributed by atoms with Gasteiger partial charge in [-0.05, 0) is 57.5 Å². The largest absolute Gasteiger partial charge is 0.317 e. The maximum absolute atomic E-state index is 12.3. The van der Waals surface area contributed by atoms with Gasteiger partial charge in [-0.1, -0.05) is 6.92 Å². The standard InChI is InChI=1S/C13H26N2O2S/c1-2-8-14-9-3-10-18(16,17)15(13-6-7-13)11-12-4-5-12/h12-14H,2-11H2,1H3. The summed E-state index contributed by atoms with van der Waals surface area (Å²) in [5.41, 5.74) is 0. The van der Waals surface area contributed by atoms with Gasteiger partial charge in [-0.3, -0.25) is 0 Å². The zero-order valence-corrected chi connectivity index (χ0v) is 12.2. The smallest absolute Gasteiger partial charge is 0.214 e. The fraction of sp³-hybridized carbons (Fsp3) is 1.00. The lowest BCUT2D eigenvalue weighted by molar-refractivity contribution is 0.388. The highest BCUT2D eigenvalue weighted by atomic mass is 32.2. The second-order valence-electron chi connectivity index (χ2n) is 5.66. The number of hydrogen-bond acceptors (Lipinski definition) is 3. The molecule has 5 heteroatoms. The molecule has 0 aromatic carbocycles. The summed E-state index contributed by atoms with van der Waals surface area (Å²) < 4.78 is 26.4. The van der Waals surface area contributed by atoms with Gasteiger partial charge in [-0.15, -0.1) is 0 Å². The van der Waals surface area contributed by atoms with Crippen LogP contribution in [0.25, 0.3) is 0 Å². The van der Waals surface area contributed by atoms with Gasteiger partial charge in [0.25, 0.3) is 0 Å². The molecular weight excluding hydrogens is 248 g/mol. The van der Waals surface area contributed by atoms with E-state index < -0.39 is 10.0 Å². The molecule has 0 radical (unpaired) electrons. The van der Waals surface area contributed by atoms with Crippen molar-refractivity contribution in [1.82, 2.24) is 9.62 Å². The summed E-state index contributed by atoms with van der Waals surface area (Å²) in [6.07, 6.45) is 6.41. The van der Waals surface area contributed by atoms with Crippen LogP contribution < -0.4 is 5.32 Å². The van der Waals surface area contributed by atoms with E-state index in [4.69, 9.17) is 0 Å². The molecule has 0 aliphatic heterocycles. The van der Waals surface area contributed by atoms with Crippen LogP contribution >= 0.6 is 0 Å². The minimum absolute atomic E-state index is 0.312. The monoisotopic (exact) mass is 274 g/mol. The van der Waals surface area contributed by atoms with E-state index in [1.165, 1.54) is 12.8 Å². The topological polar surface area (TPSA) is 49.4 Å². The van der Waals surface area contributed by atoms with Crippen LogP contribution in [0.2, 0.25) is 0 Å². The van der Waals surface area contributed by atoms with Crippen LogP contribution in [-0.4, -0.2) is 44.2 Å². The lowest BCUT2D eigenvalue weighted by Gasteiger charge is -2.21. The Bertz CT molecular complexity index is 348. The van der Waals surface area contributed by atoms with Gasteiger partial charge < -0.3 is 5.32 Å². The summed E-state index contributed by atoms with van der Waals surface area (Å²) in [7, 11) is -3.01. The molecule has 2 aliphatic rings. The van der Waals surface area contributed by atoms with Gasteiger partial charge in [-0.2, -0.15) is 4.31 Å². The Morgan fingerprint density at radius 3 is 2.44 bits per heavy atom. The molecule has 4 nitrogen and oxygen atoms in total. The van der Waals surface area contributed by atoms with Gasteiger partial charge in [0.1, 0.15) is 0 Å². The Hall–Kier alpha value is -0.130. The van der Waals surface area contributed by atoms with Crippen LogP contribution in [0.1, 0.15) is 45.4 Å². The van der Waals surface area contributed by atoms with Crippen molar-refractivity contribution in [3.8, 4) is 0 Å². The van der Waals surface area contributed by atoms with E-state index in [1.54, 1.807) is 0 Å². The van der Waals surface area contributed by atoms with E-state index in [1.807, 2.05) is 4.31 Å². The second kappa shape index (κ2) is 6.35. The number of sulfonamides is 1. The minimum Gasteiger partial charge on any atom is -0.317 e. The molecule has 2 rings (SSSR count). The molecule has 0 unspecified atom stereocenters. The summed E-state index contributed by atoms with van der Waals surface area (Å²) in [4.78, 5) is 0. The Morgan fingerprint density at radius 2 is 1.89 bits per heavy atom. The van der Waals surface area contributed by atoms with Crippen molar-refractivity contribution in [2.45, 2.75) is 51.5 Å². The maximum Gasteiger partial charge on any atom is 0.214 e. The highest BCUT2D eigenvalue weighted by molar-refractivity contribution is 7.89. The van der Waals surface area contributed by atoms with Crippen molar-refractivity contribution < 1.29 is 8.42 Å². The third-order valence-electron chi connectivity index (χ3n) is 3.63. The van der Waals surface area contributed by atoms with Crippen molar-refractivity contribution in [2.24, 2.45) is 5.92 Å². The van der Waals surface area contributed by atoms with Gasteiger partial charge in [0.2, 0.25) is 10.0 Å². The van der Waals surface area contributed by atoms with E-state index in [0.29, 0.717) is 17.7 Å². The summed E-state index contributed by atoms with van der Waals surface area (Å²) in [6.45, 7) is 4.70. The highest BCUT2D eigenvalue weighted by Gasteiger charge is 2.39. The predicted octanol–water partition coefficient (Wildman–Crippen LogP) is 1.58. The van der Waals surface area contributed by atoms with E-state index in [-0.39, 0.29) is 0 Å². The van der Waals surface area contributed by atoms with E-state index >= 15 is 0 Å². The molecule has 0 atom stereocenters. The maximum atomic E-state index is 12.3. The fourth-order valence-electron chi connectivity index (χ4n) is 2.21. The number of nitrogens with zero attached hydrogens (tertiary/aromatic N) is 1. The summed E-state index contributed by atoms with van der Waals surface area (Å²) in [5.74, 6) is 0.964. The van der Waals surface area contributed by atoms with E-state index in [0.717, 1.165) is 45.3 Å². The van der Waals surface area contributed by atoms with E-state index in [2.05, 4.69) is 12.2 Å². The molecule has 0 saturated heterocycles. The van der Waals surface area contributed by atoms with Crippen LogP contribution in [0, 0.1) is 5.92 Å². The average Bonchev–Trinajstić information content (AvgIpc) is 3.17. The molecule has 18 heavy (non-hydrogen) atoms. The predicted molar refractivity (Wildman–Crippen MR) is 74.0 cm³/mol. The zero-order chi connectivity index (χ0) is 13.0. The fourth-order valence-corrected chi connectivity index (χ4v) is 4.05. The van der Waals surface area contributed by atoms with Crippen LogP contribution in [0.3, 0.4) is 0 Å². The Kier molecular flexibility index (Phi) is 5.04. The third-order valence-corrected chi connectivity index (χ3v) is 5.60. The van der Waals surface area contributed by atoms with Gasteiger partial charge in [0, 0.05) is 12.6 Å². The first-order valence-electron chi connectivity index (χ1n) is 7.33. The number of hydrogen-bond donors (Lipinski definition) is 1. The summed E-state index contributed by atoms with van der Waals surface area (Å²) >= 11 is 0. The van der Waals surface area contributed by atoms with E-state index in [9.17, 15) is 8.42 Å². The number of nitrogens with one attached hydrogen (secondary N) is 1. The molecule has 0 bridgehead atoms. The molecule has 2 saturated carbocycles. The van der Waals surface area contributed by atoms with Gasteiger partial charge in [0.15, 0.2) is 0 Å². The van der Waals surface area contributed by atoms with Gasteiger partial charge in [-0.25, -0.2) is 8.42 Å². The van der Waals surface area contributed by atoms with Crippen molar-refractivity contribution >= 4 is 10.0 Å². The molecule has 0 heterocycles. The normalized spacial score (nSPS) is 20.6. The number of rotatable bonds is 10. The van der Waals surface area contributed by atoms with Crippen molar-refractivity contribution in [2.75, 3.05) is 25.4 Å². The van der Waals surface area contributed by atoms with Crippen LogP contribution in [0.15, 0.2) is 0 Å². The van der Waals surface area contributed by atoms with Crippen LogP contribution in [0.4, 0.5) is 0 Å². The minimum atomic E-state index is -3.01. The van der Waals surface area contributed by atoms with Gasteiger partial charge in [0.05, 0.1) is 5.75 Å². The molecule has 2 aliphatic carbocycles. The second-order valence-corrected chi connectivity index (χ2v) is 7.70. The Balaban J connectivity index is 1.75. The molecule has 0 spiro atoms. The van der Waals surface area contributed by atoms with Crippen LogP contribution in [0.5, 0.6) is 0 Å². The summed E-state index contributed by atoms with van der Waals surface area (Å²) in [6, 6.07) is 0.333. The molecule has 0 aromatic rings. The molecule has 0 aromatic heterocycles. The first kappa shape index (κ1) is 14.3. The lowest BCUT2D eigenvalue weighted by atomic mass is 10.4. The quantitative estimate of drug-likeness (QED) is 0.615. The summed E-state index contributed by atoms with van der Waals surface area (Å²) in [5, 5.41) is 3.26. The Morgan fingerprint density at radius 1 is 1.17 bits per heavy atom. The van der Waals surface area contributed by atoms with Gasteiger partial charge >= 0.3 is 0 Å². The van der Waals surface area contributed by atoms with Crippen molar-refractivity contribution in [1.29, 1.82) is 0 Å².